The second-order valence-electron chi connectivity index (χ2n) is 8.35. The highest BCUT2D eigenvalue weighted by Crippen LogP contribution is 2.33. The molecule has 0 spiro atoms. The van der Waals surface area contributed by atoms with Crippen molar-refractivity contribution in [2.45, 2.75) is 64.6 Å². The molecule has 1 aliphatic rings. The van der Waals surface area contributed by atoms with Gasteiger partial charge in [-0.15, -0.1) is 0 Å². The molecule has 3 N–H and O–H groups in total. The first-order chi connectivity index (χ1) is 15.3. The summed E-state index contributed by atoms with van der Waals surface area (Å²) in [4.78, 5) is 11.2. The predicted molar refractivity (Wildman–Crippen MR) is 120 cm³/mol. The first-order valence-electron chi connectivity index (χ1n) is 11.1. The topological polar surface area (TPSA) is 88.0 Å². The minimum Gasteiger partial charge on any atom is -0.462 e. The number of hydrogen-bond acceptors (Lipinski definition) is 5. The fourth-order valence-corrected chi connectivity index (χ4v) is 4.06. The number of carbonyl (C=O) groups excluding carboxylic acids is 1. The molecule has 7 heteroatoms. The van der Waals surface area contributed by atoms with Crippen molar-refractivity contribution >= 4 is 5.91 Å². The standard InChI is InChI=1S/C25H32FNO5/c1-4-6-22-15(2)23(29)24(30)25(32-22)31-20-10-9-17(11-12-27-16(3)28)21(14-20)18-7-5-8-19(26)13-18/h5,7-10,13-15,22-25,29-30H,4,6,11-12H2,1-3H3,(H,27,28)/t15-,22-,23+,24+,25+/m0/s1. The Balaban J connectivity index is 1.86. The molecular weight excluding hydrogens is 413 g/mol. The number of aliphatic hydroxyl groups is 2. The average molecular weight is 446 g/mol. The van der Waals surface area contributed by atoms with E-state index in [2.05, 4.69) is 5.32 Å². The highest BCUT2D eigenvalue weighted by atomic mass is 19.1. The molecule has 0 bridgehead atoms. The van der Waals surface area contributed by atoms with Gasteiger partial charge >= 0.3 is 0 Å². The second kappa shape index (κ2) is 10.9. The molecular formula is C25H32FNO5. The van der Waals surface area contributed by atoms with Crippen LogP contribution in [0.3, 0.4) is 0 Å². The monoisotopic (exact) mass is 445 g/mol. The van der Waals surface area contributed by atoms with Crippen LogP contribution in [0.5, 0.6) is 5.75 Å². The average Bonchev–Trinajstić information content (AvgIpc) is 2.76. The van der Waals surface area contributed by atoms with Gasteiger partial charge in [0.1, 0.15) is 17.7 Å². The fraction of sp³-hybridized carbons (Fsp3) is 0.480. The highest BCUT2D eigenvalue weighted by Gasteiger charge is 2.43. The summed E-state index contributed by atoms with van der Waals surface area (Å²) in [5.74, 6) is -0.236. The third-order valence-electron chi connectivity index (χ3n) is 5.87. The number of rotatable bonds is 8. The van der Waals surface area contributed by atoms with Crippen LogP contribution in [0.15, 0.2) is 42.5 Å². The lowest BCUT2D eigenvalue weighted by Crippen LogP contribution is -2.55. The van der Waals surface area contributed by atoms with Gasteiger partial charge in [0.15, 0.2) is 0 Å². The lowest BCUT2D eigenvalue weighted by molar-refractivity contribution is -0.256. The summed E-state index contributed by atoms with van der Waals surface area (Å²) in [6, 6.07) is 11.6. The Morgan fingerprint density at radius 2 is 1.97 bits per heavy atom. The van der Waals surface area contributed by atoms with Gasteiger partial charge in [0.05, 0.1) is 12.2 Å². The molecule has 0 radical (unpaired) electrons. The highest BCUT2D eigenvalue weighted by molar-refractivity contribution is 5.73. The van der Waals surface area contributed by atoms with Crippen LogP contribution in [0.1, 0.15) is 39.2 Å². The largest absolute Gasteiger partial charge is 0.462 e. The molecule has 0 saturated carbocycles. The molecule has 2 aromatic rings. The maximum Gasteiger partial charge on any atom is 0.228 e. The van der Waals surface area contributed by atoms with Gasteiger partial charge in [0.25, 0.3) is 0 Å². The number of halogens is 1. The van der Waals surface area contributed by atoms with Gasteiger partial charge in [-0.05, 0) is 53.8 Å². The summed E-state index contributed by atoms with van der Waals surface area (Å²) in [6.45, 7) is 5.80. The van der Waals surface area contributed by atoms with E-state index in [0.717, 1.165) is 24.0 Å². The molecule has 1 fully saturated rings. The summed E-state index contributed by atoms with van der Waals surface area (Å²) in [6.07, 6.45) is -1.17. The molecule has 0 aliphatic carbocycles. The Hall–Kier alpha value is -2.48. The molecule has 1 aliphatic heterocycles. The van der Waals surface area contributed by atoms with Crippen LogP contribution < -0.4 is 10.1 Å². The molecule has 0 unspecified atom stereocenters. The summed E-state index contributed by atoms with van der Waals surface area (Å²) in [5, 5.41) is 23.7. The Kier molecular flexibility index (Phi) is 8.23. The molecule has 2 aromatic carbocycles. The number of aliphatic hydroxyl groups excluding tert-OH is 2. The van der Waals surface area contributed by atoms with E-state index in [1.54, 1.807) is 24.3 Å². The van der Waals surface area contributed by atoms with Crippen LogP contribution in [0.4, 0.5) is 4.39 Å². The van der Waals surface area contributed by atoms with Gasteiger partial charge < -0.3 is 25.0 Å². The zero-order chi connectivity index (χ0) is 23.3. The van der Waals surface area contributed by atoms with E-state index in [-0.39, 0.29) is 23.7 Å². The number of ether oxygens (including phenoxy) is 2. The van der Waals surface area contributed by atoms with Gasteiger partial charge in [-0.25, -0.2) is 4.39 Å². The van der Waals surface area contributed by atoms with Gasteiger partial charge in [0, 0.05) is 19.4 Å². The van der Waals surface area contributed by atoms with Gasteiger partial charge in [-0.2, -0.15) is 0 Å². The maximum atomic E-state index is 13.9. The molecule has 6 nitrogen and oxygen atoms in total. The fourth-order valence-electron chi connectivity index (χ4n) is 4.06. The normalized spacial score (nSPS) is 25.4. The number of hydrogen-bond donors (Lipinski definition) is 3. The van der Waals surface area contributed by atoms with Gasteiger partial charge in [-0.3, -0.25) is 4.79 Å². The third kappa shape index (κ3) is 5.85. The third-order valence-corrected chi connectivity index (χ3v) is 5.87. The summed E-state index contributed by atoms with van der Waals surface area (Å²) >= 11 is 0. The Bertz CT molecular complexity index is 921. The Morgan fingerprint density at radius 1 is 1.19 bits per heavy atom. The number of nitrogens with one attached hydrogen (secondary N) is 1. The van der Waals surface area contributed by atoms with Crippen LogP contribution in [0, 0.1) is 11.7 Å². The van der Waals surface area contributed by atoms with E-state index < -0.39 is 18.5 Å². The van der Waals surface area contributed by atoms with Crippen LogP contribution in [-0.2, 0) is 16.0 Å². The van der Waals surface area contributed by atoms with Crippen molar-refractivity contribution in [1.29, 1.82) is 0 Å². The van der Waals surface area contributed by atoms with Crippen molar-refractivity contribution in [3.63, 3.8) is 0 Å². The van der Waals surface area contributed by atoms with E-state index in [1.807, 2.05) is 19.9 Å². The first kappa shape index (κ1) is 24.2. The summed E-state index contributed by atoms with van der Waals surface area (Å²) in [7, 11) is 0. The molecule has 1 saturated heterocycles. The van der Waals surface area contributed by atoms with Crippen molar-refractivity contribution < 1.29 is 28.9 Å². The van der Waals surface area contributed by atoms with Gasteiger partial charge in [0.2, 0.25) is 12.2 Å². The molecule has 5 atom stereocenters. The zero-order valence-corrected chi connectivity index (χ0v) is 18.8. The molecule has 174 valence electrons. The second-order valence-corrected chi connectivity index (χ2v) is 8.35. The molecule has 3 rings (SSSR count). The quantitative estimate of drug-likeness (QED) is 0.579. The van der Waals surface area contributed by atoms with E-state index in [1.165, 1.54) is 19.1 Å². The lowest BCUT2D eigenvalue weighted by atomic mass is 9.88. The lowest BCUT2D eigenvalue weighted by Gasteiger charge is -2.41. The Morgan fingerprint density at radius 3 is 2.66 bits per heavy atom. The molecule has 0 aromatic heterocycles. The first-order valence-corrected chi connectivity index (χ1v) is 11.1. The smallest absolute Gasteiger partial charge is 0.228 e. The molecule has 32 heavy (non-hydrogen) atoms. The minimum atomic E-state index is -1.19. The molecule has 1 amide bonds. The van der Waals surface area contributed by atoms with Crippen molar-refractivity contribution in [3.05, 3.63) is 53.8 Å². The van der Waals surface area contributed by atoms with Crippen LogP contribution >= 0.6 is 0 Å². The van der Waals surface area contributed by atoms with Crippen molar-refractivity contribution in [1.82, 2.24) is 5.32 Å². The van der Waals surface area contributed by atoms with Crippen molar-refractivity contribution in [3.8, 4) is 16.9 Å². The SMILES string of the molecule is CCC[C@@H]1O[C@@H](Oc2ccc(CCNC(C)=O)c(-c3cccc(F)c3)c2)[C@H](O)[C@H](O)[C@H]1C. The predicted octanol–water partition coefficient (Wildman–Crippen LogP) is 3.43. The summed E-state index contributed by atoms with van der Waals surface area (Å²) in [5.41, 5.74) is 2.35. The number of amides is 1. The number of benzene rings is 2. The molecule has 1 heterocycles. The minimum absolute atomic E-state index is 0.116. The number of carbonyl (C=O) groups is 1. The van der Waals surface area contributed by atoms with E-state index in [9.17, 15) is 19.4 Å². The zero-order valence-electron chi connectivity index (χ0n) is 18.8. The van der Waals surface area contributed by atoms with Crippen molar-refractivity contribution in [2.75, 3.05) is 6.54 Å². The van der Waals surface area contributed by atoms with Crippen molar-refractivity contribution in [2.24, 2.45) is 5.92 Å². The maximum absolute atomic E-state index is 13.9. The van der Waals surface area contributed by atoms with Gasteiger partial charge in [-0.1, -0.05) is 38.5 Å². The van der Waals surface area contributed by atoms with E-state index in [4.69, 9.17) is 9.47 Å². The van der Waals surface area contributed by atoms with E-state index >= 15 is 0 Å². The Labute approximate surface area is 188 Å². The van der Waals surface area contributed by atoms with Crippen LogP contribution in [0.2, 0.25) is 0 Å². The summed E-state index contributed by atoms with van der Waals surface area (Å²) < 4.78 is 25.8. The van der Waals surface area contributed by atoms with Crippen LogP contribution in [0.25, 0.3) is 11.1 Å². The van der Waals surface area contributed by atoms with E-state index in [0.29, 0.717) is 24.3 Å². The van der Waals surface area contributed by atoms with Crippen LogP contribution in [-0.4, -0.2) is 47.3 Å².